The Morgan fingerprint density at radius 3 is 2.69 bits per heavy atom. The number of aromatic nitrogens is 1. The van der Waals surface area contributed by atoms with E-state index in [1.54, 1.807) is 18.2 Å². The molecule has 1 heterocycles. The van der Waals surface area contributed by atoms with Crippen molar-refractivity contribution in [3.63, 3.8) is 0 Å². The first kappa shape index (κ1) is 18.3. The summed E-state index contributed by atoms with van der Waals surface area (Å²) in [5.41, 5.74) is 2.15. The monoisotopic (exact) mass is 386 g/mol. The van der Waals surface area contributed by atoms with Gasteiger partial charge in [-0.2, -0.15) is 4.99 Å². The van der Waals surface area contributed by atoms with E-state index < -0.39 is 15.7 Å². The summed E-state index contributed by atoms with van der Waals surface area (Å²) in [7, 11) is -3.52. The number of hydrogen-bond acceptors (Lipinski definition) is 4. The summed E-state index contributed by atoms with van der Waals surface area (Å²) in [6.07, 6.45) is 2.82. The largest absolute Gasteiger partial charge is 0.312 e. The Morgan fingerprint density at radius 1 is 1.27 bits per heavy atom. The molecular formula is C19H18N2O3S2. The molecule has 7 heteroatoms. The Kier molecular flexibility index (Phi) is 4.93. The second kappa shape index (κ2) is 7.01. The predicted molar refractivity (Wildman–Crippen MR) is 104 cm³/mol. The number of benzene rings is 2. The van der Waals surface area contributed by atoms with Crippen LogP contribution in [0.1, 0.15) is 15.9 Å². The van der Waals surface area contributed by atoms with Crippen molar-refractivity contribution in [2.45, 2.75) is 18.4 Å². The summed E-state index contributed by atoms with van der Waals surface area (Å²) in [4.78, 5) is 17.4. The molecule has 1 amide bonds. The molecule has 3 aromatic rings. The zero-order valence-corrected chi connectivity index (χ0v) is 16.1. The zero-order valence-electron chi connectivity index (χ0n) is 14.5. The highest BCUT2D eigenvalue weighted by Crippen LogP contribution is 2.20. The van der Waals surface area contributed by atoms with Crippen LogP contribution < -0.4 is 4.80 Å². The van der Waals surface area contributed by atoms with Gasteiger partial charge in [0.25, 0.3) is 5.91 Å². The van der Waals surface area contributed by atoms with Gasteiger partial charge >= 0.3 is 0 Å². The van der Waals surface area contributed by atoms with Crippen LogP contribution in [0.5, 0.6) is 0 Å². The van der Waals surface area contributed by atoms with E-state index in [1.165, 1.54) is 23.5 Å². The van der Waals surface area contributed by atoms with E-state index in [-0.39, 0.29) is 10.5 Å². The van der Waals surface area contributed by atoms with Crippen LogP contribution >= 0.6 is 11.3 Å². The molecule has 0 spiro atoms. The highest BCUT2D eigenvalue weighted by atomic mass is 32.2. The summed E-state index contributed by atoms with van der Waals surface area (Å²) in [6.45, 7) is 6.27. The van der Waals surface area contributed by atoms with Gasteiger partial charge in [-0.1, -0.05) is 35.6 Å². The molecule has 0 fully saturated rings. The highest BCUT2D eigenvalue weighted by Gasteiger charge is 2.18. The number of hydrogen-bond donors (Lipinski definition) is 0. The van der Waals surface area contributed by atoms with Crippen LogP contribution in [0.2, 0.25) is 0 Å². The van der Waals surface area contributed by atoms with Crippen molar-refractivity contribution in [2.75, 3.05) is 6.26 Å². The third kappa shape index (κ3) is 3.54. The average Bonchev–Trinajstić information content (AvgIpc) is 2.91. The van der Waals surface area contributed by atoms with Gasteiger partial charge in [0.15, 0.2) is 14.6 Å². The van der Waals surface area contributed by atoms with Gasteiger partial charge in [-0.05, 0) is 36.8 Å². The lowest BCUT2D eigenvalue weighted by Gasteiger charge is -2.04. The van der Waals surface area contributed by atoms with Gasteiger partial charge in [0.2, 0.25) is 0 Å². The molecule has 0 N–H and O–H groups in total. The molecule has 0 saturated heterocycles. The number of allylic oxidation sites excluding steroid dienone is 1. The van der Waals surface area contributed by atoms with Gasteiger partial charge in [-0.15, -0.1) is 6.58 Å². The number of rotatable bonds is 4. The van der Waals surface area contributed by atoms with Gasteiger partial charge in [0.05, 0.1) is 20.7 Å². The smallest absolute Gasteiger partial charge is 0.280 e. The molecular weight excluding hydrogens is 368 g/mol. The van der Waals surface area contributed by atoms with Crippen molar-refractivity contribution in [3.8, 4) is 0 Å². The van der Waals surface area contributed by atoms with Crippen LogP contribution in [0.25, 0.3) is 10.2 Å². The van der Waals surface area contributed by atoms with Crippen LogP contribution in [0.4, 0.5) is 0 Å². The lowest BCUT2D eigenvalue weighted by Crippen LogP contribution is -2.17. The van der Waals surface area contributed by atoms with Gasteiger partial charge in [-0.25, -0.2) is 8.42 Å². The summed E-state index contributed by atoms with van der Waals surface area (Å²) >= 11 is 1.39. The summed E-state index contributed by atoms with van der Waals surface area (Å²) in [6, 6.07) is 12.1. The third-order valence-corrected chi connectivity index (χ3v) is 6.06. The number of carbonyl (C=O) groups excluding carboxylic acids is 1. The standard InChI is InChI=1S/C19H18N2O3S2/c1-4-11-21-15-10-9-13(2)12-16(15)25-19(21)20-18(22)14-7-5-6-8-17(14)26(3,23)24/h4-10,12H,1,11H2,2-3H3. The van der Waals surface area contributed by atoms with Crippen LogP contribution in [0.15, 0.2) is 65.0 Å². The molecule has 0 atom stereocenters. The second-order valence-corrected chi connectivity index (χ2v) is 8.93. The summed E-state index contributed by atoms with van der Waals surface area (Å²) < 4.78 is 26.8. The van der Waals surface area contributed by atoms with Crippen molar-refractivity contribution in [2.24, 2.45) is 4.99 Å². The first-order valence-corrected chi connectivity index (χ1v) is 10.6. The minimum Gasteiger partial charge on any atom is -0.312 e. The molecule has 5 nitrogen and oxygen atoms in total. The molecule has 0 radical (unpaired) electrons. The molecule has 134 valence electrons. The van der Waals surface area contributed by atoms with E-state index in [0.717, 1.165) is 22.0 Å². The number of carbonyl (C=O) groups is 1. The van der Waals surface area contributed by atoms with E-state index >= 15 is 0 Å². The number of aryl methyl sites for hydroxylation is 1. The first-order chi connectivity index (χ1) is 12.3. The van der Waals surface area contributed by atoms with Crippen LogP contribution in [-0.2, 0) is 16.4 Å². The number of nitrogens with zero attached hydrogens (tertiary/aromatic N) is 2. The highest BCUT2D eigenvalue weighted by molar-refractivity contribution is 7.90. The Hall–Kier alpha value is -2.51. The fraction of sp³-hybridized carbons (Fsp3) is 0.158. The molecule has 26 heavy (non-hydrogen) atoms. The lowest BCUT2D eigenvalue weighted by atomic mass is 10.2. The van der Waals surface area contributed by atoms with E-state index in [9.17, 15) is 13.2 Å². The Labute approximate surface area is 155 Å². The molecule has 0 bridgehead atoms. The molecule has 2 aromatic carbocycles. The normalized spacial score (nSPS) is 12.5. The van der Waals surface area contributed by atoms with Crippen molar-refractivity contribution in [3.05, 3.63) is 71.0 Å². The molecule has 3 rings (SSSR count). The minimum atomic E-state index is -3.52. The van der Waals surface area contributed by atoms with Crippen molar-refractivity contribution in [1.29, 1.82) is 0 Å². The molecule has 0 aliphatic heterocycles. The third-order valence-electron chi connectivity index (χ3n) is 3.86. The molecule has 0 saturated carbocycles. The predicted octanol–water partition coefficient (Wildman–Crippen LogP) is 3.34. The Bertz CT molecular complexity index is 1180. The fourth-order valence-corrected chi connectivity index (χ4v) is 4.70. The zero-order chi connectivity index (χ0) is 18.9. The van der Waals surface area contributed by atoms with Crippen molar-refractivity contribution >= 4 is 37.3 Å². The minimum absolute atomic E-state index is 0.0130. The maximum Gasteiger partial charge on any atom is 0.280 e. The SMILES string of the molecule is C=CCn1c(=NC(=O)c2ccccc2S(C)(=O)=O)sc2cc(C)ccc21. The van der Waals surface area contributed by atoms with Gasteiger partial charge in [0.1, 0.15) is 0 Å². The van der Waals surface area contributed by atoms with Gasteiger partial charge in [-0.3, -0.25) is 4.79 Å². The van der Waals surface area contributed by atoms with Gasteiger partial charge < -0.3 is 4.57 Å². The number of thiazole rings is 1. The molecule has 1 aromatic heterocycles. The van der Waals surface area contributed by atoms with Crippen LogP contribution in [-0.4, -0.2) is 25.1 Å². The molecule has 0 aliphatic rings. The summed E-state index contributed by atoms with van der Waals surface area (Å²) in [5, 5.41) is 0. The Morgan fingerprint density at radius 2 is 2.00 bits per heavy atom. The van der Waals surface area contributed by atoms with Crippen molar-refractivity contribution < 1.29 is 13.2 Å². The van der Waals surface area contributed by atoms with E-state index in [1.807, 2.05) is 29.7 Å². The number of fused-ring (bicyclic) bond motifs is 1. The fourth-order valence-electron chi connectivity index (χ4n) is 2.69. The van der Waals surface area contributed by atoms with Crippen LogP contribution in [0.3, 0.4) is 0 Å². The topological polar surface area (TPSA) is 68.5 Å². The maximum absolute atomic E-state index is 12.7. The molecule has 0 aliphatic carbocycles. The average molecular weight is 386 g/mol. The molecule has 0 unspecified atom stereocenters. The first-order valence-electron chi connectivity index (χ1n) is 7.90. The lowest BCUT2D eigenvalue weighted by molar-refractivity contribution is 0.0994. The quantitative estimate of drug-likeness (QED) is 0.646. The number of amides is 1. The van der Waals surface area contributed by atoms with Gasteiger partial charge in [0, 0.05) is 12.8 Å². The van der Waals surface area contributed by atoms with Crippen molar-refractivity contribution in [1.82, 2.24) is 4.57 Å². The second-order valence-electron chi connectivity index (χ2n) is 5.94. The number of sulfone groups is 1. The van der Waals surface area contributed by atoms with E-state index in [0.29, 0.717) is 11.3 Å². The maximum atomic E-state index is 12.7. The van der Waals surface area contributed by atoms with E-state index in [2.05, 4.69) is 11.6 Å². The Balaban J connectivity index is 2.21. The van der Waals surface area contributed by atoms with Crippen LogP contribution in [0, 0.1) is 6.92 Å². The summed E-state index contributed by atoms with van der Waals surface area (Å²) in [5.74, 6) is -0.577. The van der Waals surface area contributed by atoms with E-state index in [4.69, 9.17) is 0 Å².